The Morgan fingerprint density at radius 1 is 0.710 bits per heavy atom. The van der Waals surface area contributed by atoms with Crippen molar-refractivity contribution in [2.24, 2.45) is 0 Å². The lowest BCUT2D eigenvalue weighted by molar-refractivity contribution is 0.314. The van der Waals surface area contributed by atoms with E-state index in [4.69, 9.17) is 4.74 Å². The Labute approximate surface area is 179 Å². The van der Waals surface area contributed by atoms with Gasteiger partial charge in [-0.05, 0) is 59.2 Å². The van der Waals surface area contributed by atoms with Crippen LogP contribution in [0.4, 0.5) is 13.2 Å². The minimum atomic E-state index is -0.669. The molecule has 0 spiro atoms. The Bertz CT molecular complexity index is 1270. The van der Waals surface area contributed by atoms with Gasteiger partial charge in [0.05, 0.1) is 12.2 Å². The van der Waals surface area contributed by atoms with E-state index in [1.807, 2.05) is 25.1 Å². The van der Waals surface area contributed by atoms with Gasteiger partial charge in [-0.15, -0.1) is 0 Å². The topological polar surface area (TPSA) is 9.23 Å². The second kappa shape index (κ2) is 8.97. The molecular formula is C27H19F3O. The second-order valence-electron chi connectivity index (χ2n) is 7.14. The molecule has 4 aromatic carbocycles. The van der Waals surface area contributed by atoms with Crippen LogP contribution in [0.3, 0.4) is 0 Å². The van der Waals surface area contributed by atoms with Crippen molar-refractivity contribution in [1.82, 2.24) is 0 Å². The fourth-order valence-corrected chi connectivity index (χ4v) is 3.29. The fraction of sp³-hybridized carbons (Fsp3) is 0.111. The summed E-state index contributed by atoms with van der Waals surface area (Å²) in [6, 6.07) is 19.3. The van der Waals surface area contributed by atoms with Crippen LogP contribution in [0, 0.1) is 29.3 Å². The maximum absolute atomic E-state index is 14.5. The van der Waals surface area contributed by atoms with Gasteiger partial charge < -0.3 is 4.74 Å². The van der Waals surface area contributed by atoms with Crippen molar-refractivity contribution >= 4 is 10.8 Å². The molecule has 4 aromatic rings. The summed E-state index contributed by atoms with van der Waals surface area (Å²) >= 11 is 0. The molecule has 31 heavy (non-hydrogen) atoms. The maximum Gasteiger partial charge on any atom is 0.137 e. The quantitative estimate of drug-likeness (QED) is 0.322. The van der Waals surface area contributed by atoms with Crippen LogP contribution >= 0.6 is 0 Å². The third-order valence-electron chi connectivity index (χ3n) is 4.82. The maximum atomic E-state index is 14.5. The van der Waals surface area contributed by atoms with Crippen LogP contribution in [0.25, 0.3) is 21.9 Å². The van der Waals surface area contributed by atoms with Crippen LogP contribution in [-0.2, 0) is 0 Å². The van der Waals surface area contributed by atoms with E-state index in [0.717, 1.165) is 22.8 Å². The summed E-state index contributed by atoms with van der Waals surface area (Å²) in [7, 11) is 0. The lowest BCUT2D eigenvalue weighted by atomic mass is 10.0. The SMILES string of the molecule is CCCOc1cc(F)c(-c2ccc(C#Cc3ccc4cc(F)ccc4c3)cc2)c(F)c1. The molecule has 0 atom stereocenters. The summed E-state index contributed by atoms with van der Waals surface area (Å²) < 4.78 is 47.6. The Kier molecular flexibility index (Phi) is 5.95. The minimum Gasteiger partial charge on any atom is -0.493 e. The molecule has 0 amide bonds. The average Bonchev–Trinajstić information content (AvgIpc) is 2.76. The molecule has 4 rings (SSSR count). The van der Waals surface area contributed by atoms with E-state index < -0.39 is 11.6 Å². The monoisotopic (exact) mass is 416 g/mol. The van der Waals surface area contributed by atoms with E-state index in [2.05, 4.69) is 11.8 Å². The first-order valence-corrected chi connectivity index (χ1v) is 9.97. The van der Waals surface area contributed by atoms with Gasteiger partial charge in [-0.25, -0.2) is 13.2 Å². The third kappa shape index (κ3) is 4.73. The van der Waals surface area contributed by atoms with Crippen molar-refractivity contribution in [3.05, 3.63) is 101 Å². The first-order valence-electron chi connectivity index (χ1n) is 9.97. The lowest BCUT2D eigenvalue weighted by Gasteiger charge is -2.09. The highest BCUT2D eigenvalue weighted by Gasteiger charge is 2.14. The Morgan fingerprint density at radius 2 is 1.32 bits per heavy atom. The van der Waals surface area contributed by atoms with Crippen LogP contribution in [0.5, 0.6) is 5.75 Å². The summed E-state index contributed by atoms with van der Waals surface area (Å²) in [5.41, 5.74) is 1.84. The number of hydrogen-bond donors (Lipinski definition) is 0. The highest BCUT2D eigenvalue weighted by molar-refractivity contribution is 5.84. The first-order chi connectivity index (χ1) is 15.0. The molecular weight excluding hydrogens is 397 g/mol. The molecule has 1 nitrogen and oxygen atoms in total. The highest BCUT2D eigenvalue weighted by Crippen LogP contribution is 2.30. The zero-order valence-corrected chi connectivity index (χ0v) is 16.9. The van der Waals surface area contributed by atoms with E-state index in [0.29, 0.717) is 17.7 Å². The number of hydrogen-bond acceptors (Lipinski definition) is 1. The molecule has 0 unspecified atom stereocenters. The number of ether oxygens (including phenoxy) is 1. The highest BCUT2D eigenvalue weighted by atomic mass is 19.1. The van der Waals surface area contributed by atoms with Gasteiger partial charge in [0.2, 0.25) is 0 Å². The number of halogens is 3. The number of fused-ring (bicyclic) bond motifs is 1. The molecule has 0 aliphatic carbocycles. The van der Waals surface area contributed by atoms with E-state index in [1.54, 1.807) is 30.3 Å². The summed E-state index contributed by atoms with van der Waals surface area (Å²) in [6.07, 6.45) is 0.755. The molecule has 0 heterocycles. The largest absolute Gasteiger partial charge is 0.493 e. The second-order valence-corrected chi connectivity index (χ2v) is 7.14. The Hall–Kier alpha value is -3.71. The summed E-state index contributed by atoms with van der Waals surface area (Å²) in [4.78, 5) is 0. The van der Waals surface area contributed by atoms with Crippen LogP contribution < -0.4 is 4.74 Å². The average molecular weight is 416 g/mol. The van der Waals surface area contributed by atoms with Crippen molar-refractivity contribution in [2.45, 2.75) is 13.3 Å². The lowest BCUT2D eigenvalue weighted by Crippen LogP contribution is -1.98. The molecule has 0 aliphatic heterocycles. The Balaban J connectivity index is 1.56. The smallest absolute Gasteiger partial charge is 0.137 e. The number of benzene rings is 4. The van der Waals surface area contributed by atoms with Gasteiger partial charge in [0.25, 0.3) is 0 Å². The molecule has 0 saturated carbocycles. The van der Waals surface area contributed by atoms with E-state index in [9.17, 15) is 13.2 Å². The first kappa shape index (κ1) is 20.6. The van der Waals surface area contributed by atoms with Gasteiger partial charge in [0.1, 0.15) is 23.2 Å². The van der Waals surface area contributed by atoms with Gasteiger partial charge in [0, 0.05) is 23.3 Å². The predicted molar refractivity (Wildman–Crippen MR) is 117 cm³/mol. The molecule has 0 N–H and O–H groups in total. The van der Waals surface area contributed by atoms with Crippen LogP contribution in [0.1, 0.15) is 24.5 Å². The summed E-state index contributed by atoms with van der Waals surface area (Å²) in [5.74, 6) is 4.68. The van der Waals surface area contributed by atoms with E-state index >= 15 is 0 Å². The normalized spacial score (nSPS) is 10.6. The van der Waals surface area contributed by atoms with Crippen molar-refractivity contribution in [3.63, 3.8) is 0 Å². The van der Waals surface area contributed by atoms with Crippen molar-refractivity contribution < 1.29 is 17.9 Å². The van der Waals surface area contributed by atoms with Gasteiger partial charge >= 0.3 is 0 Å². The van der Waals surface area contributed by atoms with E-state index in [-0.39, 0.29) is 17.1 Å². The molecule has 0 aliphatic rings. The zero-order valence-electron chi connectivity index (χ0n) is 16.9. The summed E-state index contributed by atoms with van der Waals surface area (Å²) in [6.45, 7) is 2.33. The molecule has 0 aromatic heterocycles. The molecule has 0 bridgehead atoms. The van der Waals surface area contributed by atoms with Gasteiger partial charge in [-0.2, -0.15) is 0 Å². The fourth-order valence-electron chi connectivity index (χ4n) is 3.29. The van der Waals surface area contributed by atoms with Gasteiger partial charge in [0.15, 0.2) is 0 Å². The molecule has 0 radical (unpaired) electrons. The molecule has 154 valence electrons. The van der Waals surface area contributed by atoms with Crippen LogP contribution in [-0.4, -0.2) is 6.61 Å². The van der Waals surface area contributed by atoms with Crippen molar-refractivity contribution in [3.8, 4) is 28.7 Å². The van der Waals surface area contributed by atoms with Gasteiger partial charge in [-0.1, -0.05) is 43.0 Å². The van der Waals surface area contributed by atoms with Crippen molar-refractivity contribution in [2.75, 3.05) is 6.61 Å². The number of rotatable bonds is 4. The standard InChI is InChI=1S/C27H19F3O/c1-2-13-31-24-16-25(29)27(26(30)17-24)20-8-5-18(6-9-20)3-4-19-7-10-22-15-23(28)12-11-21(22)14-19/h5-12,14-17H,2,13H2,1H3. The molecule has 4 heteroatoms. The van der Waals surface area contributed by atoms with Gasteiger partial charge in [-0.3, -0.25) is 0 Å². The predicted octanol–water partition coefficient (Wildman–Crippen LogP) is 7.11. The summed E-state index contributed by atoms with van der Waals surface area (Å²) in [5, 5.41) is 1.71. The van der Waals surface area contributed by atoms with Crippen LogP contribution in [0.2, 0.25) is 0 Å². The minimum absolute atomic E-state index is 0.0925. The third-order valence-corrected chi connectivity index (χ3v) is 4.82. The zero-order chi connectivity index (χ0) is 21.8. The molecule has 0 saturated heterocycles. The van der Waals surface area contributed by atoms with Crippen molar-refractivity contribution in [1.29, 1.82) is 0 Å². The molecule has 0 fully saturated rings. The van der Waals surface area contributed by atoms with E-state index in [1.165, 1.54) is 24.3 Å². The Morgan fingerprint density at radius 3 is 2.03 bits per heavy atom. The van der Waals surface area contributed by atoms with Crippen LogP contribution in [0.15, 0.2) is 72.8 Å².